The normalized spacial score (nSPS) is 44.6. The van der Waals surface area contributed by atoms with Crippen molar-refractivity contribution in [1.82, 2.24) is 0 Å². The maximum absolute atomic E-state index is 10.9. The second-order valence-electron chi connectivity index (χ2n) is 7.92. The molecule has 2 saturated carbocycles. The maximum atomic E-state index is 10.9. The molecule has 112 valence electrons. The number of hydrogen-bond donors (Lipinski definition) is 0. The molecule has 2 fully saturated rings. The molecule has 0 aromatic carbocycles. The third-order valence-electron chi connectivity index (χ3n) is 7.29. The van der Waals surface area contributed by atoms with Gasteiger partial charge in [0.1, 0.15) is 5.94 Å². The molecule has 21 heavy (non-hydrogen) atoms. The summed E-state index contributed by atoms with van der Waals surface area (Å²) >= 11 is 0. The van der Waals surface area contributed by atoms with Crippen molar-refractivity contribution in [3.63, 3.8) is 0 Å². The first-order chi connectivity index (χ1) is 10.2. The molecule has 0 amide bonds. The molecule has 0 spiro atoms. The molecule has 4 aliphatic rings. The first kappa shape index (κ1) is 13.6. The topological polar surface area (TPSA) is 17.1 Å². The predicted molar refractivity (Wildman–Crippen MR) is 85.4 cm³/mol. The van der Waals surface area contributed by atoms with Gasteiger partial charge in [0, 0.05) is 6.08 Å². The fourth-order valence-corrected chi connectivity index (χ4v) is 6.24. The van der Waals surface area contributed by atoms with Crippen molar-refractivity contribution in [2.45, 2.75) is 58.3 Å². The highest BCUT2D eigenvalue weighted by molar-refractivity contribution is 5.46. The molecule has 1 nitrogen and oxygen atoms in total. The van der Waals surface area contributed by atoms with E-state index in [0.29, 0.717) is 11.3 Å². The third kappa shape index (κ3) is 1.94. The predicted octanol–water partition coefficient (Wildman–Crippen LogP) is 4.87. The lowest BCUT2D eigenvalue weighted by atomic mass is 9.53. The molecule has 0 bridgehead atoms. The standard InChI is InChI=1S/C20H26O/c1-20-12-10-17-16-5-3-2-4-14(16)6-8-18(17)19(20)9-7-15(20)11-13-21/h2,4,11,15,17-19H,3,5-10,12H2,1H3/t15-,17+,18+,19-,20+/m0/s1. The van der Waals surface area contributed by atoms with Crippen LogP contribution >= 0.6 is 0 Å². The molecule has 4 aliphatic carbocycles. The van der Waals surface area contributed by atoms with Crippen LogP contribution in [0.15, 0.2) is 29.4 Å². The van der Waals surface area contributed by atoms with Gasteiger partial charge >= 0.3 is 0 Å². The van der Waals surface area contributed by atoms with Gasteiger partial charge in [0.05, 0.1) is 0 Å². The first-order valence-corrected chi connectivity index (χ1v) is 8.83. The summed E-state index contributed by atoms with van der Waals surface area (Å²) in [5.74, 6) is 5.16. The molecule has 0 saturated heterocycles. The van der Waals surface area contributed by atoms with Crippen molar-refractivity contribution in [2.24, 2.45) is 29.1 Å². The third-order valence-corrected chi connectivity index (χ3v) is 7.29. The minimum Gasteiger partial charge on any atom is -0.234 e. The van der Waals surface area contributed by atoms with Gasteiger partial charge in [-0.25, -0.2) is 4.79 Å². The summed E-state index contributed by atoms with van der Waals surface area (Å²) < 4.78 is 0. The van der Waals surface area contributed by atoms with E-state index in [-0.39, 0.29) is 0 Å². The molecule has 0 radical (unpaired) electrons. The largest absolute Gasteiger partial charge is 0.234 e. The number of carbonyl (C=O) groups excluding carboxylic acids is 1. The number of rotatable bonds is 1. The van der Waals surface area contributed by atoms with Gasteiger partial charge in [-0.1, -0.05) is 24.6 Å². The lowest BCUT2D eigenvalue weighted by Gasteiger charge is -2.51. The van der Waals surface area contributed by atoms with Gasteiger partial charge in [-0.05, 0) is 86.0 Å². The van der Waals surface area contributed by atoms with Crippen LogP contribution in [-0.4, -0.2) is 5.94 Å². The van der Waals surface area contributed by atoms with E-state index >= 15 is 0 Å². The van der Waals surface area contributed by atoms with Crippen molar-refractivity contribution >= 4 is 5.94 Å². The molecular weight excluding hydrogens is 256 g/mol. The van der Waals surface area contributed by atoms with Gasteiger partial charge in [-0.2, -0.15) is 0 Å². The maximum Gasteiger partial charge on any atom is 0.120 e. The molecule has 0 aromatic rings. The summed E-state index contributed by atoms with van der Waals surface area (Å²) in [7, 11) is 0. The van der Waals surface area contributed by atoms with Crippen LogP contribution < -0.4 is 0 Å². The Morgan fingerprint density at radius 1 is 1.24 bits per heavy atom. The van der Waals surface area contributed by atoms with Crippen LogP contribution in [0, 0.1) is 29.1 Å². The average molecular weight is 282 g/mol. The molecule has 0 aromatic heterocycles. The number of hydrogen-bond acceptors (Lipinski definition) is 1. The Bertz CT molecular complexity index is 548. The van der Waals surface area contributed by atoms with E-state index in [0.717, 1.165) is 17.8 Å². The second kappa shape index (κ2) is 4.99. The van der Waals surface area contributed by atoms with Crippen LogP contribution in [0.25, 0.3) is 0 Å². The zero-order chi connectivity index (χ0) is 14.4. The summed E-state index contributed by atoms with van der Waals surface area (Å²) in [5.41, 5.74) is 3.86. The van der Waals surface area contributed by atoms with Crippen LogP contribution in [0.3, 0.4) is 0 Å². The van der Waals surface area contributed by atoms with Crippen molar-refractivity contribution in [1.29, 1.82) is 0 Å². The average Bonchev–Trinajstić information content (AvgIpc) is 2.84. The van der Waals surface area contributed by atoms with Gasteiger partial charge < -0.3 is 0 Å². The van der Waals surface area contributed by atoms with Crippen molar-refractivity contribution in [2.75, 3.05) is 0 Å². The minimum absolute atomic E-state index is 0.376. The molecule has 0 aliphatic heterocycles. The molecular formula is C20H26O. The van der Waals surface area contributed by atoms with Gasteiger partial charge in [0.25, 0.3) is 0 Å². The van der Waals surface area contributed by atoms with E-state index in [2.05, 4.69) is 25.0 Å². The van der Waals surface area contributed by atoms with E-state index in [4.69, 9.17) is 0 Å². The molecule has 4 rings (SSSR count). The summed E-state index contributed by atoms with van der Waals surface area (Å²) in [5, 5.41) is 0. The highest BCUT2D eigenvalue weighted by atomic mass is 16.1. The fourth-order valence-electron chi connectivity index (χ4n) is 6.24. The second-order valence-corrected chi connectivity index (χ2v) is 7.92. The monoisotopic (exact) mass is 282 g/mol. The summed E-state index contributed by atoms with van der Waals surface area (Å²) in [6.07, 6.45) is 17.1. The Balaban J connectivity index is 1.66. The molecule has 0 N–H and O–H groups in total. The molecule has 0 heterocycles. The highest BCUT2D eigenvalue weighted by Gasteiger charge is 2.54. The van der Waals surface area contributed by atoms with Gasteiger partial charge in [0.2, 0.25) is 0 Å². The Morgan fingerprint density at radius 2 is 2.14 bits per heavy atom. The van der Waals surface area contributed by atoms with Gasteiger partial charge in [-0.3, -0.25) is 0 Å². The van der Waals surface area contributed by atoms with Gasteiger partial charge in [0.15, 0.2) is 0 Å². The lowest BCUT2D eigenvalue weighted by molar-refractivity contribution is 0.0260. The van der Waals surface area contributed by atoms with Crippen LogP contribution in [0.5, 0.6) is 0 Å². The SMILES string of the molecule is C[C@]12CC[C@@H]3C4=C(C=CCC4)CC[C@H]3[C@@H]1CC[C@H]2C=C=O. The van der Waals surface area contributed by atoms with Crippen LogP contribution in [0.2, 0.25) is 0 Å². The fraction of sp³-hybridized carbons (Fsp3) is 0.700. The van der Waals surface area contributed by atoms with Crippen molar-refractivity contribution in [3.05, 3.63) is 29.4 Å². The minimum atomic E-state index is 0.376. The summed E-state index contributed by atoms with van der Waals surface area (Å²) in [6, 6.07) is 0. The van der Waals surface area contributed by atoms with E-state index in [9.17, 15) is 4.79 Å². The molecule has 1 heteroatoms. The van der Waals surface area contributed by atoms with E-state index in [1.807, 2.05) is 11.6 Å². The Kier molecular flexibility index (Phi) is 3.23. The van der Waals surface area contributed by atoms with Gasteiger partial charge in [-0.15, -0.1) is 0 Å². The lowest BCUT2D eigenvalue weighted by Crippen LogP contribution is -2.43. The van der Waals surface area contributed by atoms with E-state index in [1.54, 1.807) is 5.57 Å². The molecule has 5 atom stereocenters. The Morgan fingerprint density at radius 3 is 3.00 bits per heavy atom. The van der Waals surface area contributed by atoms with Crippen molar-refractivity contribution < 1.29 is 4.79 Å². The summed E-state index contributed by atoms with van der Waals surface area (Å²) in [4.78, 5) is 10.9. The van der Waals surface area contributed by atoms with E-state index < -0.39 is 0 Å². The Hall–Kier alpha value is -1.07. The zero-order valence-corrected chi connectivity index (χ0v) is 13.1. The summed E-state index contributed by atoms with van der Waals surface area (Å²) in [6.45, 7) is 2.46. The number of allylic oxidation sites excluding steroid dienone is 5. The van der Waals surface area contributed by atoms with E-state index in [1.165, 1.54) is 51.4 Å². The highest BCUT2D eigenvalue weighted by Crippen LogP contribution is 2.62. The zero-order valence-electron chi connectivity index (χ0n) is 13.1. The first-order valence-electron chi connectivity index (χ1n) is 8.83. The quantitative estimate of drug-likeness (QED) is 0.627. The van der Waals surface area contributed by atoms with Crippen LogP contribution in [-0.2, 0) is 4.79 Å². The smallest absolute Gasteiger partial charge is 0.120 e. The number of fused-ring (bicyclic) bond motifs is 4. The Labute approximate surface area is 128 Å². The van der Waals surface area contributed by atoms with Crippen LogP contribution in [0.4, 0.5) is 0 Å². The van der Waals surface area contributed by atoms with Crippen LogP contribution in [0.1, 0.15) is 58.3 Å². The molecule has 0 unspecified atom stereocenters. The van der Waals surface area contributed by atoms with Crippen molar-refractivity contribution in [3.8, 4) is 0 Å².